The summed E-state index contributed by atoms with van der Waals surface area (Å²) in [6.07, 6.45) is 3.50. The molecule has 20 heteroatoms. The molecule has 0 amide bonds. The van der Waals surface area contributed by atoms with Crippen LogP contribution < -0.4 is 42.4 Å². The smallest absolute Gasteiger partial charge is 0.168 e. The summed E-state index contributed by atoms with van der Waals surface area (Å²) in [5, 5.41) is 47.1. The average molecular weight is 1150 g/mol. The van der Waals surface area contributed by atoms with E-state index in [0.717, 1.165) is 21.4 Å². The molecule has 368 valence electrons. The number of fused-ring (bicyclic) bond motifs is 1. The first-order chi connectivity index (χ1) is 35.5. The number of rotatable bonds is 8. The fourth-order valence-electron chi connectivity index (χ4n) is 7.41. The van der Waals surface area contributed by atoms with Gasteiger partial charge in [0.1, 0.15) is 57.0 Å². The van der Waals surface area contributed by atoms with E-state index in [1.165, 1.54) is 52.2 Å². The average Bonchev–Trinajstić information content (AvgIpc) is 4.39. The summed E-state index contributed by atoms with van der Waals surface area (Å²) in [5.41, 5.74) is 0. The van der Waals surface area contributed by atoms with Crippen LogP contribution >= 0.6 is 14.5 Å². The molecule has 0 saturated heterocycles. The Kier molecular flexibility index (Phi) is 27.8. The minimum Gasteiger partial charge on any atom is -0.444 e. The van der Waals surface area contributed by atoms with Crippen LogP contribution in [0.1, 0.15) is 0 Å². The van der Waals surface area contributed by atoms with Crippen LogP contribution in [0.3, 0.4) is 0 Å². The van der Waals surface area contributed by atoms with Gasteiger partial charge in [0, 0.05) is 53.2 Å². The Labute approximate surface area is 453 Å². The van der Waals surface area contributed by atoms with Crippen LogP contribution in [0.15, 0.2) is 304 Å². The molecule has 0 spiro atoms. The molecule has 0 aliphatic carbocycles. The number of hydrogen-bond acceptors (Lipinski definition) is 15. The van der Waals surface area contributed by atoms with Gasteiger partial charge in [0.05, 0.1) is 0 Å². The second-order valence-electron chi connectivity index (χ2n) is 14.0. The van der Waals surface area contributed by atoms with Crippen molar-refractivity contribution in [1.82, 2.24) is 14.7 Å². The molecular weight excluding hydrogens is 1100 g/mol. The van der Waals surface area contributed by atoms with Gasteiger partial charge in [-0.3, -0.25) is 4.98 Å². The summed E-state index contributed by atoms with van der Waals surface area (Å²) >= 11 is 0. The van der Waals surface area contributed by atoms with Crippen molar-refractivity contribution in [2.45, 2.75) is 0 Å². The second kappa shape index (κ2) is 34.3. The van der Waals surface area contributed by atoms with Crippen LogP contribution in [0.25, 0.3) is 0 Å². The van der Waals surface area contributed by atoms with Gasteiger partial charge in [-0.25, -0.2) is 0 Å². The van der Waals surface area contributed by atoms with E-state index in [1.807, 2.05) is 18.2 Å². The van der Waals surface area contributed by atoms with Crippen molar-refractivity contribution in [3.63, 3.8) is 0 Å². The van der Waals surface area contributed by atoms with Gasteiger partial charge < -0.3 is 40.5 Å². The third-order valence-electron chi connectivity index (χ3n) is 10.1. The van der Waals surface area contributed by atoms with Crippen molar-refractivity contribution >= 4 is 57.0 Å². The van der Waals surface area contributed by atoms with Crippen LogP contribution in [0.5, 0.6) is 0 Å². The Bertz CT molecular complexity index is 2470. The number of nitrogens with zero attached hydrogens (tertiary/aromatic N) is 7. The SMILES string of the molecule is O=N[O-].O=N[O-].O=N[O-].O=N[O-].[Nd].c1ccc([P+](c2ccccc2)(c2ccccc2)c2ccccc2)cc1.c1ccc([P+](c2ccccc2)(c2ccccc2)c2ccccc2)cc1.c1ccncc1.o1n2on12. The van der Waals surface area contributed by atoms with Gasteiger partial charge >= 0.3 is 0 Å². The number of benzene rings is 8. The van der Waals surface area contributed by atoms with E-state index in [2.05, 4.69) is 257 Å². The molecule has 0 fully saturated rings. The molecule has 8 aromatic carbocycles. The molecule has 73 heavy (non-hydrogen) atoms. The van der Waals surface area contributed by atoms with Crippen LogP contribution in [-0.4, -0.2) is 14.7 Å². The summed E-state index contributed by atoms with van der Waals surface area (Å²) in [6, 6.07) is 93.4. The zero-order chi connectivity index (χ0) is 51.5. The fraction of sp³-hybridized carbons (Fsp3) is 0. The molecule has 0 aliphatic rings. The molecule has 11 rings (SSSR count). The Morgan fingerprint density at radius 2 is 0.411 bits per heavy atom. The Hall–Kier alpha value is -8.08. The Morgan fingerprint density at radius 3 is 0.493 bits per heavy atom. The predicted molar refractivity (Wildman–Crippen MR) is 290 cm³/mol. The maximum Gasteiger partial charge on any atom is 0.168 e. The summed E-state index contributed by atoms with van der Waals surface area (Å²) in [6.45, 7) is 0. The largest absolute Gasteiger partial charge is 0.444 e. The van der Waals surface area contributed by atoms with E-state index in [9.17, 15) is 0 Å². The van der Waals surface area contributed by atoms with Crippen molar-refractivity contribution < 1.29 is 50.1 Å². The van der Waals surface area contributed by atoms with Crippen molar-refractivity contribution in [2.24, 2.45) is 21.4 Å². The third kappa shape index (κ3) is 17.6. The molecule has 0 bridgehead atoms. The van der Waals surface area contributed by atoms with Gasteiger partial charge in [0.25, 0.3) is 0 Å². The minimum absolute atomic E-state index is 0. The first-order valence-corrected chi connectivity index (χ1v) is 24.9. The zero-order valence-electron chi connectivity index (χ0n) is 38.6. The minimum atomic E-state index is -1.91. The van der Waals surface area contributed by atoms with Crippen LogP contribution in [0.4, 0.5) is 0 Å². The van der Waals surface area contributed by atoms with Gasteiger partial charge in [-0.1, -0.05) is 152 Å². The number of pyridine rings is 1. The topological polar surface area (TPSA) is 258 Å². The van der Waals surface area contributed by atoms with Crippen LogP contribution in [0, 0.1) is 81.3 Å². The van der Waals surface area contributed by atoms with Crippen molar-refractivity contribution in [3.8, 4) is 0 Å². The van der Waals surface area contributed by atoms with E-state index in [4.69, 9.17) is 40.5 Å². The molecule has 0 atom stereocenters. The maximum atomic E-state index is 8.00. The van der Waals surface area contributed by atoms with E-state index >= 15 is 0 Å². The normalized spacial score (nSPS) is 9.70. The van der Waals surface area contributed by atoms with E-state index in [0.29, 0.717) is 0 Å². The first kappa shape index (κ1) is 59.2. The number of aromatic nitrogens is 3. The van der Waals surface area contributed by atoms with Gasteiger partial charge in [-0.2, -0.15) is 9.26 Å². The third-order valence-corrected chi connectivity index (χ3v) is 18.7. The van der Waals surface area contributed by atoms with Crippen LogP contribution in [0.2, 0.25) is 0 Å². The van der Waals surface area contributed by atoms with Crippen molar-refractivity contribution in [3.05, 3.63) is 314 Å². The van der Waals surface area contributed by atoms with Gasteiger partial charge in [0.15, 0.2) is 9.72 Å². The predicted octanol–water partition coefficient (Wildman–Crippen LogP) is 10.4. The molecule has 0 unspecified atom stereocenters. The van der Waals surface area contributed by atoms with Crippen LogP contribution in [-0.2, 0) is 0 Å². The van der Waals surface area contributed by atoms with Gasteiger partial charge in [0.2, 0.25) is 0 Å². The monoisotopic (exact) mass is 1140 g/mol. The molecule has 0 N–H and O–H groups in total. The van der Waals surface area contributed by atoms with Gasteiger partial charge in [-0.05, 0) is 109 Å². The van der Waals surface area contributed by atoms with Gasteiger partial charge in [-0.15, -0.1) is 21.4 Å². The molecule has 17 nitrogen and oxygen atoms in total. The van der Waals surface area contributed by atoms with E-state index < -0.39 is 14.5 Å². The van der Waals surface area contributed by atoms with Crippen molar-refractivity contribution in [1.29, 1.82) is 0 Å². The molecular formula is C53H45N7NdO10P2-2. The quantitative estimate of drug-likeness (QED) is 0.0785. The second-order valence-corrected chi connectivity index (χ2v) is 20.8. The summed E-state index contributed by atoms with van der Waals surface area (Å²) in [4.78, 5) is 38.3. The molecule has 3 aromatic heterocycles. The molecule has 0 radical (unpaired) electrons. The standard InChI is InChI=1S/2C24H20P.C5H5N.N2O2.4HNO2.Nd/c2*1-5-13-21(14-6-1)25(22-15-7-2-8-16-22,23-17-9-3-10-18-23)24-19-11-4-12-20-24;1-2-4-6-5-3-1;3-1-2(3)4-1;4*2-1-3;/h2*1-20H;1-5H;;4*(H,2,3);/q2*+1;;;;;;;/p-4. The Morgan fingerprint density at radius 1 is 0.288 bits per heavy atom. The van der Waals surface area contributed by atoms with E-state index in [1.54, 1.807) is 12.4 Å². The first-order valence-electron chi connectivity index (χ1n) is 21.3. The van der Waals surface area contributed by atoms with Crippen molar-refractivity contribution in [2.75, 3.05) is 0 Å². The molecule has 3 heterocycles. The summed E-state index contributed by atoms with van der Waals surface area (Å²) < 4.78 is 8.50. The zero-order valence-corrected chi connectivity index (χ0v) is 43.6. The molecule has 0 aliphatic heterocycles. The number of hydrogen-bond donors (Lipinski definition) is 0. The van der Waals surface area contributed by atoms with E-state index in [-0.39, 0.29) is 40.8 Å². The fourth-order valence-corrected chi connectivity index (χ4v) is 15.9. The summed E-state index contributed by atoms with van der Waals surface area (Å²) in [5.74, 6) is 0. The summed E-state index contributed by atoms with van der Waals surface area (Å²) in [7, 11) is -3.81. The molecule has 11 aromatic rings. The molecule has 0 saturated carbocycles. The Balaban J connectivity index is 0.000000271. The maximum absolute atomic E-state index is 8.00.